The zero-order chi connectivity index (χ0) is 14.3. The van der Waals surface area contributed by atoms with E-state index in [0.717, 1.165) is 12.8 Å². The van der Waals surface area contributed by atoms with Crippen LogP contribution in [0.25, 0.3) is 0 Å². The highest BCUT2D eigenvalue weighted by Crippen LogP contribution is 2.17. The second-order valence-corrected chi connectivity index (χ2v) is 4.43. The molecule has 0 fully saturated rings. The molecule has 0 amide bonds. The summed E-state index contributed by atoms with van der Waals surface area (Å²) in [4.78, 5) is 8.60. The number of aromatic nitrogens is 2. The fourth-order valence-electron chi connectivity index (χ4n) is 1.56. The van der Waals surface area contributed by atoms with E-state index in [2.05, 4.69) is 20.6 Å². The van der Waals surface area contributed by atoms with Crippen molar-refractivity contribution < 1.29 is 15.3 Å². The SMILES string of the molecule is CCCc1nc(NC)cc(NC(CO)(CO)CO)n1. The molecule has 0 aliphatic rings. The van der Waals surface area contributed by atoms with Crippen molar-refractivity contribution in [2.75, 3.05) is 37.5 Å². The molecule has 0 atom stereocenters. The van der Waals surface area contributed by atoms with Crippen LogP contribution in [0.3, 0.4) is 0 Å². The predicted octanol–water partition coefficient (Wildman–Crippen LogP) is -0.402. The second-order valence-electron chi connectivity index (χ2n) is 4.43. The van der Waals surface area contributed by atoms with E-state index in [1.54, 1.807) is 13.1 Å². The van der Waals surface area contributed by atoms with Crippen LogP contribution in [-0.2, 0) is 6.42 Å². The quantitative estimate of drug-likeness (QED) is 0.437. The fourth-order valence-corrected chi connectivity index (χ4v) is 1.56. The number of anilines is 2. The molecule has 0 saturated heterocycles. The molecule has 7 heteroatoms. The normalized spacial score (nSPS) is 11.4. The Hall–Kier alpha value is -1.44. The van der Waals surface area contributed by atoms with Gasteiger partial charge in [-0.3, -0.25) is 0 Å². The predicted molar refractivity (Wildman–Crippen MR) is 73.2 cm³/mol. The van der Waals surface area contributed by atoms with E-state index in [0.29, 0.717) is 17.5 Å². The third-order valence-electron chi connectivity index (χ3n) is 2.80. The molecule has 0 saturated carbocycles. The highest BCUT2D eigenvalue weighted by molar-refractivity contribution is 5.49. The van der Waals surface area contributed by atoms with E-state index in [-0.39, 0.29) is 0 Å². The van der Waals surface area contributed by atoms with Gasteiger partial charge in [0.2, 0.25) is 0 Å². The molecule has 0 unspecified atom stereocenters. The van der Waals surface area contributed by atoms with Crippen LogP contribution < -0.4 is 10.6 Å². The number of nitrogens with one attached hydrogen (secondary N) is 2. The first-order chi connectivity index (χ1) is 9.12. The zero-order valence-electron chi connectivity index (χ0n) is 11.3. The Bertz CT molecular complexity index is 388. The van der Waals surface area contributed by atoms with Gasteiger partial charge in [0.15, 0.2) is 0 Å². The maximum absolute atomic E-state index is 9.30. The molecule has 1 heterocycles. The molecule has 1 aromatic rings. The van der Waals surface area contributed by atoms with E-state index in [1.807, 2.05) is 6.92 Å². The number of aliphatic hydroxyl groups excluding tert-OH is 3. The Morgan fingerprint density at radius 3 is 2.16 bits per heavy atom. The molecule has 0 aliphatic carbocycles. The van der Waals surface area contributed by atoms with Crippen molar-refractivity contribution in [1.82, 2.24) is 9.97 Å². The Kier molecular flexibility index (Phi) is 5.94. The first kappa shape index (κ1) is 15.6. The van der Waals surface area contributed by atoms with E-state index in [4.69, 9.17) is 0 Å². The number of hydrogen-bond acceptors (Lipinski definition) is 7. The zero-order valence-corrected chi connectivity index (χ0v) is 11.3. The maximum Gasteiger partial charge on any atom is 0.133 e. The molecule has 1 rings (SSSR count). The average molecular weight is 270 g/mol. The van der Waals surface area contributed by atoms with Gasteiger partial charge in [0, 0.05) is 19.5 Å². The van der Waals surface area contributed by atoms with Crippen LogP contribution in [0.15, 0.2) is 6.07 Å². The van der Waals surface area contributed by atoms with Crippen LogP contribution in [0.4, 0.5) is 11.6 Å². The highest BCUT2D eigenvalue weighted by atomic mass is 16.3. The lowest BCUT2D eigenvalue weighted by Crippen LogP contribution is -2.49. The lowest BCUT2D eigenvalue weighted by molar-refractivity contribution is 0.0831. The van der Waals surface area contributed by atoms with E-state index >= 15 is 0 Å². The van der Waals surface area contributed by atoms with Gasteiger partial charge in [-0.2, -0.15) is 0 Å². The average Bonchev–Trinajstić information content (AvgIpc) is 2.45. The topological polar surface area (TPSA) is 111 Å². The van der Waals surface area contributed by atoms with Gasteiger partial charge in [-0.05, 0) is 6.42 Å². The number of hydrogen-bond donors (Lipinski definition) is 5. The maximum atomic E-state index is 9.30. The molecule has 1 aromatic heterocycles. The standard InChI is InChI=1S/C12H22N4O3/c1-3-4-9-14-10(13-2)5-11(15-9)16-12(6-17,7-18)8-19/h5,17-19H,3-4,6-8H2,1-2H3,(H2,13,14,15,16). The minimum Gasteiger partial charge on any atom is -0.394 e. The molecule has 0 aliphatic heterocycles. The Morgan fingerprint density at radius 1 is 1.11 bits per heavy atom. The molecule has 5 N–H and O–H groups in total. The van der Waals surface area contributed by atoms with Crippen LogP contribution in [0.1, 0.15) is 19.2 Å². The summed E-state index contributed by atoms with van der Waals surface area (Å²) < 4.78 is 0. The van der Waals surface area contributed by atoms with Crippen molar-refractivity contribution in [1.29, 1.82) is 0 Å². The van der Waals surface area contributed by atoms with E-state index in [9.17, 15) is 15.3 Å². The first-order valence-corrected chi connectivity index (χ1v) is 6.29. The molecule has 0 spiro atoms. The summed E-state index contributed by atoms with van der Waals surface area (Å²) in [6.07, 6.45) is 1.65. The van der Waals surface area contributed by atoms with Crippen LogP contribution in [0.5, 0.6) is 0 Å². The van der Waals surface area contributed by atoms with Crippen molar-refractivity contribution in [3.63, 3.8) is 0 Å². The van der Waals surface area contributed by atoms with Crippen molar-refractivity contribution >= 4 is 11.6 Å². The molecule has 0 radical (unpaired) electrons. The number of aliphatic hydroxyl groups is 3. The van der Waals surface area contributed by atoms with E-state index < -0.39 is 25.4 Å². The van der Waals surface area contributed by atoms with Gasteiger partial charge >= 0.3 is 0 Å². The Labute approximate surface area is 112 Å². The fraction of sp³-hybridized carbons (Fsp3) is 0.667. The number of nitrogens with zero attached hydrogens (tertiary/aromatic N) is 2. The molecular formula is C12H22N4O3. The second kappa shape index (κ2) is 7.22. The third-order valence-corrected chi connectivity index (χ3v) is 2.80. The van der Waals surface area contributed by atoms with Crippen molar-refractivity contribution in [2.45, 2.75) is 25.3 Å². The summed E-state index contributed by atoms with van der Waals surface area (Å²) in [5.41, 5.74) is -1.19. The molecule has 108 valence electrons. The smallest absolute Gasteiger partial charge is 0.133 e. The van der Waals surface area contributed by atoms with Gasteiger partial charge in [-0.1, -0.05) is 6.92 Å². The largest absolute Gasteiger partial charge is 0.394 e. The van der Waals surface area contributed by atoms with Crippen molar-refractivity contribution in [3.8, 4) is 0 Å². The summed E-state index contributed by atoms with van der Waals surface area (Å²) in [5.74, 6) is 1.77. The number of rotatable bonds is 8. The highest BCUT2D eigenvalue weighted by Gasteiger charge is 2.28. The minimum absolute atomic E-state index is 0.401. The lowest BCUT2D eigenvalue weighted by atomic mass is 10.0. The summed E-state index contributed by atoms with van der Waals surface area (Å²) >= 11 is 0. The monoisotopic (exact) mass is 270 g/mol. The van der Waals surface area contributed by atoms with Gasteiger partial charge in [0.05, 0.1) is 19.8 Å². The van der Waals surface area contributed by atoms with Gasteiger partial charge in [0.1, 0.15) is 23.0 Å². The van der Waals surface area contributed by atoms with Gasteiger partial charge < -0.3 is 26.0 Å². The first-order valence-electron chi connectivity index (χ1n) is 6.29. The Balaban J connectivity index is 3.01. The summed E-state index contributed by atoms with van der Waals surface area (Å²) in [5, 5.41) is 33.7. The summed E-state index contributed by atoms with van der Waals surface area (Å²) in [6, 6.07) is 1.66. The molecule has 0 bridgehead atoms. The molecule has 19 heavy (non-hydrogen) atoms. The van der Waals surface area contributed by atoms with Crippen molar-refractivity contribution in [2.24, 2.45) is 0 Å². The van der Waals surface area contributed by atoms with Gasteiger partial charge in [-0.25, -0.2) is 9.97 Å². The lowest BCUT2D eigenvalue weighted by Gasteiger charge is -2.29. The van der Waals surface area contributed by atoms with Gasteiger partial charge in [0.25, 0.3) is 0 Å². The van der Waals surface area contributed by atoms with Gasteiger partial charge in [-0.15, -0.1) is 0 Å². The molecule has 7 nitrogen and oxygen atoms in total. The van der Waals surface area contributed by atoms with Crippen LogP contribution in [-0.4, -0.2) is 57.7 Å². The summed E-state index contributed by atoms with van der Waals surface area (Å²) in [7, 11) is 1.75. The number of aryl methyl sites for hydroxylation is 1. The van der Waals surface area contributed by atoms with E-state index in [1.165, 1.54) is 0 Å². The van der Waals surface area contributed by atoms with Crippen molar-refractivity contribution in [3.05, 3.63) is 11.9 Å². The molecule has 0 aromatic carbocycles. The molecular weight excluding hydrogens is 248 g/mol. The van der Waals surface area contributed by atoms with Crippen LogP contribution >= 0.6 is 0 Å². The summed E-state index contributed by atoms with van der Waals surface area (Å²) in [6.45, 7) is 0.827. The Morgan fingerprint density at radius 2 is 1.68 bits per heavy atom. The third kappa shape index (κ3) is 4.02. The van der Waals surface area contributed by atoms with Crippen LogP contribution in [0, 0.1) is 0 Å². The minimum atomic E-state index is -1.19. The van der Waals surface area contributed by atoms with Crippen LogP contribution in [0.2, 0.25) is 0 Å².